The summed E-state index contributed by atoms with van der Waals surface area (Å²) in [5.74, 6) is -0.203. The summed E-state index contributed by atoms with van der Waals surface area (Å²) in [7, 11) is 1.55. The lowest BCUT2D eigenvalue weighted by atomic mass is 10.1. The number of Topliss-reactive ketones (excluding diaryl/α,β-unsaturated/α-hetero) is 1. The number of benzene rings is 2. The molecule has 2 aromatic carbocycles. The molecule has 134 valence electrons. The Hall–Kier alpha value is -3.15. The van der Waals surface area contributed by atoms with Gasteiger partial charge in [-0.15, -0.1) is 0 Å². The molecule has 0 spiro atoms. The van der Waals surface area contributed by atoms with E-state index in [0.29, 0.717) is 29.2 Å². The predicted octanol–water partition coefficient (Wildman–Crippen LogP) is 2.89. The van der Waals surface area contributed by atoms with E-state index in [9.17, 15) is 14.4 Å². The molecule has 0 aliphatic carbocycles. The molecule has 1 atom stereocenters. The van der Waals surface area contributed by atoms with Crippen molar-refractivity contribution >= 4 is 29.0 Å². The molecule has 26 heavy (non-hydrogen) atoms. The molecule has 1 unspecified atom stereocenters. The molecular weight excluding hydrogens is 332 g/mol. The number of ketones is 1. The number of nitrogens with one attached hydrogen (secondary N) is 1. The van der Waals surface area contributed by atoms with Gasteiger partial charge >= 0.3 is 0 Å². The zero-order valence-electron chi connectivity index (χ0n) is 14.7. The van der Waals surface area contributed by atoms with Crippen LogP contribution in [0.2, 0.25) is 0 Å². The van der Waals surface area contributed by atoms with Crippen LogP contribution in [0.5, 0.6) is 5.75 Å². The number of para-hydroxylation sites is 2. The first-order valence-electron chi connectivity index (χ1n) is 8.35. The molecule has 2 amide bonds. The molecule has 1 aliphatic heterocycles. The van der Waals surface area contributed by atoms with Crippen LogP contribution in [0, 0.1) is 5.92 Å². The van der Waals surface area contributed by atoms with Gasteiger partial charge in [-0.2, -0.15) is 0 Å². The topological polar surface area (TPSA) is 75.7 Å². The van der Waals surface area contributed by atoms with Crippen molar-refractivity contribution in [2.24, 2.45) is 5.92 Å². The predicted molar refractivity (Wildman–Crippen MR) is 98.5 cm³/mol. The van der Waals surface area contributed by atoms with Crippen LogP contribution in [0.25, 0.3) is 0 Å². The number of methoxy groups -OCH3 is 1. The molecule has 0 bridgehead atoms. The Morgan fingerprint density at radius 3 is 2.46 bits per heavy atom. The number of nitrogens with zero attached hydrogens (tertiary/aromatic N) is 1. The van der Waals surface area contributed by atoms with E-state index in [1.807, 2.05) is 12.1 Å². The minimum atomic E-state index is -0.445. The molecule has 1 N–H and O–H groups in total. The largest absolute Gasteiger partial charge is 0.495 e. The van der Waals surface area contributed by atoms with Gasteiger partial charge in [-0.05, 0) is 43.3 Å². The third kappa shape index (κ3) is 3.59. The van der Waals surface area contributed by atoms with Gasteiger partial charge in [-0.1, -0.05) is 12.1 Å². The first-order valence-corrected chi connectivity index (χ1v) is 8.35. The van der Waals surface area contributed by atoms with Crippen molar-refractivity contribution in [1.29, 1.82) is 0 Å². The van der Waals surface area contributed by atoms with Crippen LogP contribution >= 0.6 is 0 Å². The number of ether oxygens (including phenoxy) is 1. The molecule has 6 heteroatoms. The lowest BCUT2D eigenvalue weighted by molar-refractivity contribution is -0.122. The fourth-order valence-electron chi connectivity index (χ4n) is 3.00. The van der Waals surface area contributed by atoms with Crippen molar-refractivity contribution in [3.05, 3.63) is 54.1 Å². The number of hydrogen-bond donors (Lipinski definition) is 1. The van der Waals surface area contributed by atoms with Gasteiger partial charge in [0.25, 0.3) is 0 Å². The molecule has 1 aliphatic rings. The Balaban J connectivity index is 1.70. The lowest BCUT2D eigenvalue weighted by Crippen LogP contribution is -2.28. The van der Waals surface area contributed by atoms with Crippen molar-refractivity contribution in [2.45, 2.75) is 13.3 Å². The second kappa shape index (κ2) is 7.39. The highest BCUT2D eigenvalue weighted by Gasteiger charge is 2.36. The Morgan fingerprint density at radius 2 is 1.81 bits per heavy atom. The highest BCUT2D eigenvalue weighted by atomic mass is 16.5. The molecule has 1 heterocycles. The lowest BCUT2D eigenvalue weighted by Gasteiger charge is -2.19. The fraction of sp³-hybridized carbons (Fsp3) is 0.250. The number of rotatable bonds is 5. The van der Waals surface area contributed by atoms with Gasteiger partial charge in [0.15, 0.2) is 5.78 Å². The van der Waals surface area contributed by atoms with Crippen LogP contribution < -0.4 is 15.0 Å². The van der Waals surface area contributed by atoms with Gasteiger partial charge in [-0.25, -0.2) is 0 Å². The van der Waals surface area contributed by atoms with Crippen LogP contribution in [-0.4, -0.2) is 31.3 Å². The Kier molecular flexibility index (Phi) is 5.02. The number of hydrogen-bond acceptors (Lipinski definition) is 4. The van der Waals surface area contributed by atoms with Gasteiger partial charge in [0.1, 0.15) is 5.75 Å². The van der Waals surface area contributed by atoms with E-state index in [-0.39, 0.29) is 24.0 Å². The van der Waals surface area contributed by atoms with E-state index in [2.05, 4.69) is 5.32 Å². The summed E-state index contributed by atoms with van der Waals surface area (Å²) in [6.07, 6.45) is 0.148. The molecule has 0 radical (unpaired) electrons. The van der Waals surface area contributed by atoms with Crippen molar-refractivity contribution in [1.82, 2.24) is 0 Å². The summed E-state index contributed by atoms with van der Waals surface area (Å²) < 4.78 is 5.31. The maximum Gasteiger partial charge on any atom is 0.229 e. The first-order chi connectivity index (χ1) is 12.5. The number of carbonyl (C=O) groups is 3. The number of amides is 2. The molecule has 1 saturated heterocycles. The van der Waals surface area contributed by atoms with Crippen molar-refractivity contribution in [3.8, 4) is 5.75 Å². The number of carbonyl (C=O) groups excluding carboxylic acids is 3. The molecule has 6 nitrogen and oxygen atoms in total. The first kappa shape index (κ1) is 17.7. The molecule has 3 rings (SSSR count). The van der Waals surface area contributed by atoms with E-state index in [1.165, 1.54) is 6.92 Å². The smallest absolute Gasteiger partial charge is 0.229 e. The summed E-state index contributed by atoms with van der Waals surface area (Å²) in [5, 5.41) is 2.81. The monoisotopic (exact) mass is 352 g/mol. The van der Waals surface area contributed by atoms with Crippen molar-refractivity contribution in [3.63, 3.8) is 0 Å². The zero-order chi connectivity index (χ0) is 18.7. The van der Waals surface area contributed by atoms with Crippen LogP contribution in [0.3, 0.4) is 0 Å². The highest BCUT2D eigenvalue weighted by molar-refractivity contribution is 6.04. The van der Waals surface area contributed by atoms with Crippen LogP contribution in [0.4, 0.5) is 11.4 Å². The molecule has 0 aromatic heterocycles. The number of anilines is 2. The Labute approximate surface area is 151 Å². The average molecular weight is 352 g/mol. The van der Waals surface area contributed by atoms with Gasteiger partial charge < -0.3 is 15.0 Å². The summed E-state index contributed by atoms with van der Waals surface area (Å²) in [4.78, 5) is 37.8. The van der Waals surface area contributed by atoms with Crippen LogP contribution in [-0.2, 0) is 9.59 Å². The van der Waals surface area contributed by atoms with E-state index in [0.717, 1.165) is 0 Å². The van der Waals surface area contributed by atoms with E-state index in [1.54, 1.807) is 48.4 Å². The SMILES string of the molecule is COc1ccccc1N1CC(C(=O)Nc2ccc(C(C)=O)cc2)CC1=O. The van der Waals surface area contributed by atoms with Crippen LogP contribution in [0.1, 0.15) is 23.7 Å². The summed E-state index contributed by atoms with van der Waals surface area (Å²) in [6.45, 7) is 1.79. The van der Waals surface area contributed by atoms with Gasteiger partial charge in [0, 0.05) is 24.2 Å². The minimum Gasteiger partial charge on any atom is -0.495 e. The van der Waals surface area contributed by atoms with Gasteiger partial charge in [0.05, 0.1) is 18.7 Å². The highest BCUT2D eigenvalue weighted by Crippen LogP contribution is 2.33. The second-order valence-electron chi connectivity index (χ2n) is 6.20. The zero-order valence-corrected chi connectivity index (χ0v) is 14.7. The van der Waals surface area contributed by atoms with Gasteiger partial charge in [-0.3, -0.25) is 14.4 Å². The van der Waals surface area contributed by atoms with E-state index >= 15 is 0 Å². The van der Waals surface area contributed by atoms with E-state index in [4.69, 9.17) is 4.74 Å². The maximum atomic E-state index is 12.5. The van der Waals surface area contributed by atoms with Gasteiger partial charge in [0.2, 0.25) is 11.8 Å². The minimum absolute atomic E-state index is 0.0308. The molecular formula is C20H20N2O4. The fourth-order valence-corrected chi connectivity index (χ4v) is 3.00. The molecule has 0 saturated carbocycles. The third-order valence-electron chi connectivity index (χ3n) is 4.43. The Bertz CT molecular complexity index is 845. The third-order valence-corrected chi connectivity index (χ3v) is 4.43. The van der Waals surface area contributed by atoms with Crippen molar-refractivity contribution in [2.75, 3.05) is 23.9 Å². The maximum absolute atomic E-state index is 12.5. The molecule has 2 aromatic rings. The Morgan fingerprint density at radius 1 is 1.12 bits per heavy atom. The van der Waals surface area contributed by atoms with Crippen molar-refractivity contribution < 1.29 is 19.1 Å². The summed E-state index contributed by atoms with van der Waals surface area (Å²) in [5.41, 5.74) is 1.85. The normalized spacial score (nSPS) is 16.5. The summed E-state index contributed by atoms with van der Waals surface area (Å²) in [6, 6.07) is 13.9. The quantitative estimate of drug-likeness (QED) is 0.840. The van der Waals surface area contributed by atoms with Crippen LogP contribution in [0.15, 0.2) is 48.5 Å². The second-order valence-corrected chi connectivity index (χ2v) is 6.20. The summed E-state index contributed by atoms with van der Waals surface area (Å²) >= 11 is 0. The average Bonchev–Trinajstić information content (AvgIpc) is 3.04. The molecule has 1 fully saturated rings. The standard InChI is InChI=1S/C20H20N2O4/c1-13(23)14-7-9-16(10-8-14)21-20(25)15-11-19(24)22(12-15)17-5-3-4-6-18(17)26-2/h3-10,15H,11-12H2,1-2H3,(H,21,25). The van der Waals surface area contributed by atoms with E-state index < -0.39 is 5.92 Å².